The third-order valence-electron chi connectivity index (χ3n) is 1.92. The second-order valence-electron chi connectivity index (χ2n) is 3.12. The fraction of sp³-hybridized carbons (Fsp3) is 0.500. The maximum atomic E-state index is 12.1. The SMILES string of the molecule is Cc1nn(CC(F)(F)F)c(C)c1C(=O)O. The zero-order valence-electron chi connectivity index (χ0n) is 8.09. The molecule has 0 radical (unpaired) electrons. The number of hydrogen-bond donors (Lipinski definition) is 1. The Morgan fingerprint density at radius 1 is 1.47 bits per heavy atom. The van der Waals surface area contributed by atoms with E-state index >= 15 is 0 Å². The quantitative estimate of drug-likeness (QED) is 0.829. The molecular weight excluding hydrogens is 213 g/mol. The Balaban J connectivity index is 3.13. The summed E-state index contributed by atoms with van der Waals surface area (Å²) in [6.45, 7) is 1.39. The first kappa shape index (κ1) is 11.5. The first-order valence-corrected chi connectivity index (χ1v) is 4.06. The van der Waals surface area contributed by atoms with Gasteiger partial charge in [-0.2, -0.15) is 18.3 Å². The lowest BCUT2D eigenvalue weighted by Gasteiger charge is -2.07. The molecule has 0 spiro atoms. The van der Waals surface area contributed by atoms with Crippen molar-refractivity contribution in [1.82, 2.24) is 9.78 Å². The Bertz CT molecular complexity index is 395. The highest BCUT2D eigenvalue weighted by molar-refractivity contribution is 5.90. The molecular formula is C8H9F3N2O2. The van der Waals surface area contributed by atoms with Crippen LogP contribution in [0.5, 0.6) is 0 Å². The molecule has 0 aliphatic carbocycles. The van der Waals surface area contributed by atoms with Crippen molar-refractivity contribution < 1.29 is 23.1 Å². The van der Waals surface area contributed by atoms with Crippen molar-refractivity contribution >= 4 is 5.97 Å². The van der Waals surface area contributed by atoms with E-state index in [-0.39, 0.29) is 17.0 Å². The summed E-state index contributed by atoms with van der Waals surface area (Å²) in [4.78, 5) is 10.7. The number of halogens is 3. The van der Waals surface area contributed by atoms with Crippen molar-refractivity contribution in [3.63, 3.8) is 0 Å². The molecule has 1 aromatic rings. The molecule has 0 aromatic carbocycles. The molecule has 0 aliphatic heterocycles. The average molecular weight is 222 g/mol. The summed E-state index contributed by atoms with van der Waals surface area (Å²) < 4.78 is 36.8. The summed E-state index contributed by atoms with van der Waals surface area (Å²) in [6, 6.07) is 0. The lowest BCUT2D eigenvalue weighted by Crippen LogP contribution is -2.19. The summed E-state index contributed by atoms with van der Waals surface area (Å²) in [6.07, 6.45) is -4.40. The van der Waals surface area contributed by atoms with Crippen LogP contribution in [-0.2, 0) is 6.54 Å². The maximum Gasteiger partial charge on any atom is 0.408 e. The van der Waals surface area contributed by atoms with Crippen molar-refractivity contribution in [2.45, 2.75) is 26.6 Å². The Hall–Kier alpha value is -1.53. The average Bonchev–Trinajstić information content (AvgIpc) is 2.23. The van der Waals surface area contributed by atoms with Gasteiger partial charge in [0.1, 0.15) is 12.1 Å². The number of rotatable bonds is 2. The van der Waals surface area contributed by atoms with E-state index < -0.39 is 18.7 Å². The number of aromatic nitrogens is 2. The maximum absolute atomic E-state index is 12.1. The van der Waals surface area contributed by atoms with Gasteiger partial charge in [-0.1, -0.05) is 0 Å². The minimum Gasteiger partial charge on any atom is -0.478 e. The monoisotopic (exact) mass is 222 g/mol. The van der Waals surface area contributed by atoms with Crippen molar-refractivity contribution in [3.8, 4) is 0 Å². The fourth-order valence-electron chi connectivity index (χ4n) is 1.33. The molecule has 0 atom stereocenters. The van der Waals surface area contributed by atoms with Gasteiger partial charge in [-0.15, -0.1) is 0 Å². The fourth-order valence-corrected chi connectivity index (χ4v) is 1.33. The summed E-state index contributed by atoms with van der Waals surface area (Å²) in [5.41, 5.74) is -0.0687. The molecule has 0 fully saturated rings. The zero-order chi connectivity index (χ0) is 11.8. The van der Waals surface area contributed by atoms with Gasteiger partial charge in [0.25, 0.3) is 0 Å². The first-order valence-electron chi connectivity index (χ1n) is 4.06. The molecule has 4 nitrogen and oxygen atoms in total. The van der Waals surface area contributed by atoms with Crippen LogP contribution in [0.1, 0.15) is 21.7 Å². The van der Waals surface area contributed by atoms with Crippen LogP contribution in [-0.4, -0.2) is 27.0 Å². The number of aromatic carboxylic acids is 1. The Kier molecular flexibility index (Phi) is 2.74. The van der Waals surface area contributed by atoms with Crippen LogP contribution in [0.3, 0.4) is 0 Å². The van der Waals surface area contributed by atoms with Gasteiger partial charge in [0, 0.05) is 0 Å². The smallest absolute Gasteiger partial charge is 0.408 e. The third kappa shape index (κ3) is 2.48. The predicted molar refractivity (Wildman–Crippen MR) is 44.7 cm³/mol. The molecule has 0 bridgehead atoms. The molecule has 0 aliphatic rings. The highest BCUT2D eigenvalue weighted by atomic mass is 19.4. The van der Waals surface area contributed by atoms with Crippen molar-refractivity contribution in [2.75, 3.05) is 0 Å². The molecule has 15 heavy (non-hydrogen) atoms. The van der Waals surface area contributed by atoms with E-state index in [2.05, 4.69) is 5.10 Å². The number of hydrogen-bond acceptors (Lipinski definition) is 2. The lowest BCUT2D eigenvalue weighted by atomic mass is 10.2. The number of alkyl halides is 3. The van der Waals surface area contributed by atoms with Crippen LogP contribution in [0.25, 0.3) is 0 Å². The van der Waals surface area contributed by atoms with Crippen LogP contribution in [0.2, 0.25) is 0 Å². The number of carboxylic acids is 1. The van der Waals surface area contributed by atoms with Gasteiger partial charge in [0.15, 0.2) is 0 Å². The minimum atomic E-state index is -4.40. The molecule has 0 unspecified atom stereocenters. The Morgan fingerprint density at radius 2 is 2.00 bits per heavy atom. The van der Waals surface area contributed by atoms with Gasteiger partial charge in [-0.05, 0) is 13.8 Å². The lowest BCUT2D eigenvalue weighted by molar-refractivity contribution is -0.143. The van der Waals surface area contributed by atoms with E-state index in [1.165, 1.54) is 13.8 Å². The van der Waals surface area contributed by atoms with Gasteiger partial charge in [0.05, 0.1) is 11.4 Å². The molecule has 1 heterocycles. The molecule has 0 saturated carbocycles. The second kappa shape index (κ2) is 3.56. The number of carbonyl (C=O) groups is 1. The second-order valence-corrected chi connectivity index (χ2v) is 3.12. The van der Waals surface area contributed by atoms with Gasteiger partial charge in [-0.25, -0.2) is 4.79 Å². The number of carboxylic acid groups (broad SMARTS) is 1. The summed E-state index contributed by atoms with van der Waals surface area (Å²) in [5, 5.41) is 12.3. The van der Waals surface area contributed by atoms with Crippen molar-refractivity contribution in [2.24, 2.45) is 0 Å². The van der Waals surface area contributed by atoms with Crippen LogP contribution in [0, 0.1) is 13.8 Å². The first-order chi connectivity index (χ1) is 6.72. The molecule has 84 valence electrons. The zero-order valence-corrected chi connectivity index (χ0v) is 8.09. The van der Waals surface area contributed by atoms with Gasteiger partial charge in [0.2, 0.25) is 0 Å². The standard InChI is InChI=1S/C8H9F3N2O2/c1-4-6(7(14)15)5(2)13(12-4)3-8(9,10)11/h3H2,1-2H3,(H,14,15). The van der Waals surface area contributed by atoms with E-state index in [9.17, 15) is 18.0 Å². The minimum absolute atomic E-state index is 0.0114. The Labute approximate surface area is 83.3 Å². The summed E-state index contributed by atoms with van der Waals surface area (Å²) in [7, 11) is 0. The van der Waals surface area contributed by atoms with E-state index in [1.54, 1.807) is 0 Å². The number of aryl methyl sites for hydroxylation is 1. The number of nitrogens with zero attached hydrogens (tertiary/aromatic N) is 2. The Morgan fingerprint density at radius 3 is 2.33 bits per heavy atom. The molecule has 1 N–H and O–H groups in total. The van der Waals surface area contributed by atoms with Crippen LogP contribution in [0.15, 0.2) is 0 Å². The van der Waals surface area contributed by atoms with Gasteiger partial charge in [-0.3, -0.25) is 4.68 Å². The van der Waals surface area contributed by atoms with E-state index in [0.717, 1.165) is 0 Å². The normalized spacial score (nSPS) is 11.8. The summed E-state index contributed by atoms with van der Waals surface area (Å²) in [5.74, 6) is -1.27. The molecule has 1 rings (SSSR count). The molecule has 7 heteroatoms. The highest BCUT2D eigenvalue weighted by Gasteiger charge is 2.30. The third-order valence-corrected chi connectivity index (χ3v) is 1.92. The van der Waals surface area contributed by atoms with Gasteiger partial charge >= 0.3 is 12.1 Å². The van der Waals surface area contributed by atoms with Crippen LogP contribution < -0.4 is 0 Å². The largest absolute Gasteiger partial charge is 0.478 e. The summed E-state index contributed by atoms with van der Waals surface area (Å²) >= 11 is 0. The van der Waals surface area contributed by atoms with Crippen LogP contribution >= 0.6 is 0 Å². The predicted octanol–water partition coefficient (Wildman–Crippen LogP) is 1.76. The highest BCUT2D eigenvalue weighted by Crippen LogP contribution is 2.20. The van der Waals surface area contributed by atoms with E-state index in [0.29, 0.717) is 4.68 Å². The van der Waals surface area contributed by atoms with Crippen molar-refractivity contribution in [1.29, 1.82) is 0 Å². The molecule has 0 amide bonds. The van der Waals surface area contributed by atoms with Gasteiger partial charge < -0.3 is 5.11 Å². The van der Waals surface area contributed by atoms with Crippen LogP contribution in [0.4, 0.5) is 13.2 Å². The topological polar surface area (TPSA) is 55.1 Å². The van der Waals surface area contributed by atoms with E-state index in [1.807, 2.05) is 0 Å². The van der Waals surface area contributed by atoms with Crippen molar-refractivity contribution in [3.05, 3.63) is 17.0 Å². The molecule has 0 saturated heterocycles. The molecule has 1 aromatic heterocycles. The van der Waals surface area contributed by atoms with E-state index in [4.69, 9.17) is 5.11 Å².